The number of hydrogen-bond donors (Lipinski definition) is 10. The topological polar surface area (TPSA) is 273 Å². The predicted molar refractivity (Wildman–Crippen MR) is 298 cm³/mol. The summed E-state index contributed by atoms with van der Waals surface area (Å²) in [5, 5.41) is 30.8. The Kier molecular flexibility index (Phi) is 17.7. The van der Waals surface area contributed by atoms with E-state index in [0.717, 1.165) is 77.4 Å². The van der Waals surface area contributed by atoms with Gasteiger partial charge in [-0.25, -0.2) is 19.2 Å². The van der Waals surface area contributed by atoms with Gasteiger partial charge < -0.3 is 56.4 Å². The second kappa shape index (κ2) is 24.9. The van der Waals surface area contributed by atoms with E-state index >= 15 is 0 Å². The number of hydrogen-bond acceptors (Lipinski definition) is 10. The molecule has 6 aromatic carbocycles. The number of carbonyl (C=O) groups excluding carboxylic acids is 4. The van der Waals surface area contributed by atoms with Crippen LogP contribution in [-0.2, 0) is 41.5 Å². The highest BCUT2D eigenvalue weighted by atomic mass is 32.1. The molecule has 17 nitrogen and oxygen atoms in total. The van der Waals surface area contributed by atoms with Crippen molar-refractivity contribution in [1.29, 1.82) is 0 Å². The monoisotopic (exact) mass is 1080 g/mol. The van der Waals surface area contributed by atoms with Crippen LogP contribution >= 0.6 is 25.3 Å². The van der Waals surface area contributed by atoms with E-state index in [1.807, 2.05) is 121 Å². The summed E-state index contributed by atoms with van der Waals surface area (Å²) >= 11 is 8.04. The third kappa shape index (κ3) is 12.3. The molecule has 77 heavy (non-hydrogen) atoms. The molecule has 0 fully saturated rings. The minimum absolute atomic E-state index is 0. The summed E-state index contributed by atoms with van der Waals surface area (Å²) < 4.78 is 11.3. The summed E-state index contributed by atoms with van der Waals surface area (Å²) in [6.07, 6.45) is 2.31. The van der Waals surface area contributed by atoms with Crippen molar-refractivity contribution in [3.8, 4) is 22.3 Å². The number of carbonyl (C=O) groups is 6. The number of thiol groups is 2. The number of fused-ring (bicyclic) bond motifs is 8. The number of aromatic amines is 2. The van der Waals surface area contributed by atoms with Gasteiger partial charge >= 0.3 is 24.1 Å². The second-order valence-electron chi connectivity index (χ2n) is 18.3. The van der Waals surface area contributed by atoms with E-state index in [9.17, 15) is 39.0 Å². The molecular weight excluding hydrogens is 1020 g/mol. The Morgan fingerprint density at radius 3 is 1.09 bits per heavy atom. The molecule has 2 aliphatic carbocycles. The van der Waals surface area contributed by atoms with Gasteiger partial charge in [0.15, 0.2) is 0 Å². The molecule has 0 saturated heterocycles. The maximum absolute atomic E-state index is 13.1. The number of para-hydroxylation sites is 2. The van der Waals surface area contributed by atoms with Crippen LogP contribution in [0.4, 0.5) is 9.59 Å². The molecule has 2 aliphatic rings. The van der Waals surface area contributed by atoms with Gasteiger partial charge in [-0.3, -0.25) is 9.59 Å². The molecule has 2 unspecified atom stereocenters. The summed E-state index contributed by atoms with van der Waals surface area (Å²) in [5.41, 5.74) is 12.1. The highest BCUT2D eigenvalue weighted by Crippen LogP contribution is 2.45. The number of amides is 4. The van der Waals surface area contributed by atoms with Gasteiger partial charge in [0.2, 0.25) is 11.8 Å². The molecule has 10 rings (SSSR count). The molecular formula is C58H56N6O11S2. The summed E-state index contributed by atoms with van der Waals surface area (Å²) in [5.74, 6) is -4.13. The Morgan fingerprint density at radius 2 is 0.766 bits per heavy atom. The fourth-order valence-electron chi connectivity index (χ4n) is 9.94. The number of nitrogens with one attached hydrogen (secondary N) is 6. The van der Waals surface area contributed by atoms with Crippen LogP contribution in [0.3, 0.4) is 0 Å². The van der Waals surface area contributed by atoms with Crippen molar-refractivity contribution in [2.45, 2.75) is 48.8 Å². The van der Waals surface area contributed by atoms with Gasteiger partial charge in [0.25, 0.3) is 0 Å². The Morgan fingerprint density at radius 1 is 0.455 bits per heavy atom. The van der Waals surface area contributed by atoms with E-state index < -0.39 is 60.1 Å². The fraction of sp³-hybridized carbons (Fsp3) is 0.207. The third-order valence-electron chi connectivity index (χ3n) is 13.7. The normalized spacial score (nSPS) is 13.6. The first kappa shape index (κ1) is 54.7. The molecule has 4 atom stereocenters. The zero-order chi connectivity index (χ0) is 53.3. The summed E-state index contributed by atoms with van der Waals surface area (Å²) in [7, 11) is 0. The van der Waals surface area contributed by atoms with Crippen LogP contribution in [0.2, 0.25) is 0 Å². The molecule has 0 aliphatic heterocycles. The Balaban J connectivity index is 0.000000201. The molecule has 2 aromatic heterocycles. The van der Waals surface area contributed by atoms with Gasteiger partial charge in [-0.1, -0.05) is 133 Å². The number of carboxylic acids is 2. The molecule has 19 heteroatoms. The number of ether oxygens (including phenoxy) is 2. The third-order valence-corrected chi connectivity index (χ3v) is 14.4. The van der Waals surface area contributed by atoms with Crippen molar-refractivity contribution in [3.05, 3.63) is 191 Å². The van der Waals surface area contributed by atoms with E-state index in [-0.39, 0.29) is 54.9 Å². The van der Waals surface area contributed by atoms with Crippen molar-refractivity contribution >= 4 is 83.0 Å². The highest BCUT2D eigenvalue weighted by molar-refractivity contribution is 7.80. The standard InChI is InChI=1S/2C29H27N3O5S.H2O/c2*33-27(31-26(16-38)28(34)35)25(13-17-14-30-24-12-6-5-7-18(17)24)32-29(36)37-15-23-21-10-3-1-8-19(21)20-9-2-4-11-22(20)23;/h2*1-12,14,23,25-26,30,38H,13,15-16H2,(H,31,33)(H,32,36)(H,34,35);1H2/t2*25-,26?;/m00./s1. The van der Waals surface area contributed by atoms with E-state index in [1.54, 1.807) is 12.4 Å². The molecule has 0 radical (unpaired) electrons. The first-order valence-corrected chi connectivity index (χ1v) is 25.8. The van der Waals surface area contributed by atoms with Crippen molar-refractivity contribution in [1.82, 2.24) is 31.2 Å². The summed E-state index contributed by atoms with van der Waals surface area (Å²) in [4.78, 5) is 81.4. The van der Waals surface area contributed by atoms with E-state index in [1.165, 1.54) is 0 Å². The zero-order valence-corrected chi connectivity index (χ0v) is 43.1. The number of H-pyrrole nitrogens is 2. The van der Waals surface area contributed by atoms with Crippen LogP contribution in [0, 0.1) is 0 Å². The SMILES string of the molecule is O.O=C(N[C@@H](Cc1c[nH]c2ccccc12)C(=O)NC(CS)C(=O)O)OCC1c2ccccc2-c2ccccc21.O=C(N[C@@H](Cc1c[nH]c2ccccc12)C(=O)NC(CS)C(=O)O)OCC1c2ccccc2-c2ccccc21. The van der Waals surface area contributed by atoms with E-state index in [4.69, 9.17) is 9.47 Å². The predicted octanol–water partition coefficient (Wildman–Crippen LogP) is 7.41. The molecule has 0 saturated carbocycles. The molecule has 0 bridgehead atoms. The molecule has 2 heterocycles. The zero-order valence-electron chi connectivity index (χ0n) is 41.3. The smallest absolute Gasteiger partial charge is 0.407 e. The number of benzene rings is 6. The first-order valence-electron chi connectivity index (χ1n) is 24.5. The number of carboxylic acid groups (broad SMARTS) is 2. The van der Waals surface area contributed by atoms with Crippen LogP contribution in [0.5, 0.6) is 0 Å². The van der Waals surface area contributed by atoms with Gasteiger partial charge in [0.1, 0.15) is 37.4 Å². The number of aliphatic carboxylic acids is 2. The van der Waals surface area contributed by atoms with Crippen molar-refractivity contribution in [2.24, 2.45) is 0 Å². The van der Waals surface area contributed by atoms with Gasteiger partial charge in [-0.2, -0.15) is 25.3 Å². The summed E-state index contributed by atoms with van der Waals surface area (Å²) in [6.45, 7) is 0.186. The first-order chi connectivity index (χ1) is 36.9. The van der Waals surface area contributed by atoms with Crippen LogP contribution < -0.4 is 21.3 Å². The molecule has 0 spiro atoms. The Bertz CT molecular complexity index is 3140. The van der Waals surface area contributed by atoms with Crippen LogP contribution in [0.1, 0.15) is 45.2 Å². The number of rotatable bonds is 18. The van der Waals surface area contributed by atoms with Crippen LogP contribution in [0.15, 0.2) is 158 Å². The number of alkyl carbamates (subject to hydrolysis) is 2. The van der Waals surface area contributed by atoms with Crippen LogP contribution in [0.25, 0.3) is 44.1 Å². The lowest BCUT2D eigenvalue weighted by atomic mass is 9.98. The summed E-state index contributed by atoms with van der Waals surface area (Å²) in [6, 6.07) is 42.8. The highest BCUT2D eigenvalue weighted by Gasteiger charge is 2.33. The Hall–Kier alpha value is -8.52. The van der Waals surface area contributed by atoms with E-state index in [0.29, 0.717) is 0 Å². The maximum atomic E-state index is 13.1. The molecule has 4 amide bonds. The lowest BCUT2D eigenvalue weighted by Crippen LogP contribution is -2.53. The van der Waals surface area contributed by atoms with E-state index in [2.05, 4.69) is 80.8 Å². The molecule has 10 N–H and O–H groups in total. The minimum Gasteiger partial charge on any atom is -0.480 e. The quantitative estimate of drug-likeness (QED) is 0.0380. The number of aromatic nitrogens is 2. The molecule has 8 aromatic rings. The average molecular weight is 1080 g/mol. The van der Waals surface area contributed by atoms with Crippen LogP contribution in [-0.4, -0.2) is 110 Å². The lowest BCUT2D eigenvalue weighted by molar-refractivity contribution is -0.141. The average Bonchev–Trinajstić information content (AvgIpc) is 4.21. The van der Waals surface area contributed by atoms with Gasteiger partial charge in [-0.15, -0.1) is 0 Å². The fourth-order valence-corrected chi connectivity index (χ4v) is 10.4. The second-order valence-corrected chi connectivity index (χ2v) is 19.1. The van der Waals surface area contributed by atoms with Crippen molar-refractivity contribution in [3.63, 3.8) is 0 Å². The van der Waals surface area contributed by atoms with Crippen molar-refractivity contribution < 1.29 is 53.9 Å². The van der Waals surface area contributed by atoms with Gasteiger partial charge in [0, 0.05) is 70.4 Å². The maximum Gasteiger partial charge on any atom is 0.407 e. The van der Waals surface area contributed by atoms with Gasteiger partial charge in [-0.05, 0) is 67.8 Å². The largest absolute Gasteiger partial charge is 0.480 e. The van der Waals surface area contributed by atoms with Gasteiger partial charge in [0.05, 0.1) is 0 Å². The Labute approximate surface area is 453 Å². The lowest BCUT2D eigenvalue weighted by Gasteiger charge is -2.21. The minimum atomic E-state index is -1.21. The molecule has 396 valence electrons. The van der Waals surface area contributed by atoms with Crippen molar-refractivity contribution in [2.75, 3.05) is 24.7 Å².